The van der Waals surface area contributed by atoms with E-state index in [1.54, 1.807) is 0 Å². The summed E-state index contributed by atoms with van der Waals surface area (Å²) in [7, 11) is 0. The molecule has 144 valence electrons. The van der Waals surface area contributed by atoms with Gasteiger partial charge < -0.3 is 9.36 Å². The molecule has 0 aromatic carbocycles. The smallest absolute Gasteiger partial charge is 0.150 e. The molecule has 0 amide bonds. The van der Waals surface area contributed by atoms with Crippen molar-refractivity contribution in [2.24, 2.45) is 22.9 Å². The molecule has 1 fully saturated rings. The Labute approximate surface area is 157 Å². The molecule has 4 heteroatoms. The van der Waals surface area contributed by atoms with Crippen LogP contribution in [0, 0.1) is 17.8 Å². The van der Waals surface area contributed by atoms with Crippen LogP contribution in [0.3, 0.4) is 0 Å². The zero-order valence-corrected chi connectivity index (χ0v) is 17.5. The summed E-state index contributed by atoms with van der Waals surface area (Å²) in [5.41, 5.74) is 3.53. The average Bonchev–Trinajstić information content (AvgIpc) is 3.21. The lowest BCUT2D eigenvalue weighted by atomic mass is 9.65. The van der Waals surface area contributed by atoms with E-state index < -0.39 is 0 Å². The lowest BCUT2D eigenvalue weighted by molar-refractivity contribution is -0.113. The van der Waals surface area contributed by atoms with Crippen molar-refractivity contribution in [3.05, 3.63) is 17.0 Å². The van der Waals surface area contributed by atoms with E-state index in [9.17, 15) is 0 Å². The van der Waals surface area contributed by atoms with Crippen LogP contribution < -0.4 is 0 Å². The van der Waals surface area contributed by atoms with Crippen LogP contribution in [0.25, 0.3) is 0 Å². The van der Waals surface area contributed by atoms with Crippen molar-refractivity contribution in [1.29, 1.82) is 0 Å². The van der Waals surface area contributed by atoms with Crippen molar-refractivity contribution in [3.8, 4) is 0 Å². The van der Waals surface area contributed by atoms with Crippen molar-refractivity contribution >= 4 is 5.71 Å². The van der Waals surface area contributed by atoms with Gasteiger partial charge in [0.05, 0.1) is 16.8 Å². The van der Waals surface area contributed by atoms with E-state index in [0.29, 0.717) is 17.8 Å². The van der Waals surface area contributed by atoms with E-state index in [0.717, 1.165) is 31.4 Å². The van der Waals surface area contributed by atoms with Gasteiger partial charge in [0, 0.05) is 16.9 Å². The first-order chi connectivity index (χ1) is 12.1. The Hall–Kier alpha value is -1.32. The second-order valence-corrected chi connectivity index (χ2v) is 10.3. The minimum Gasteiger partial charge on any atom is -0.388 e. The molecule has 1 aromatic rings. The zero-order chi connectivity index (χ0) is 18.9. The lowest BCUT2D eigenvalue weighted by Crippen LogP contribution is -2.48. The summed E-state index contributed by atoms with van der Waals surface area (Å²) in [5.74, 6) is 2.35. The van der Waals surface area contributed by atoms with E-state index in [1.165, 1.54) is 23.4 Å². The van der Waals surface area contributed by atoms with E-state index >= 15 is 0 Å². The first-order valence-corrected chi connectivity index (χ1v) is 10.4. The van der Waals surface area contributed by atoms with E-state index in [-0.39, 0.29) is 16.4 Å². The maximum atomic E-state index is 6.28. The van der Waals surface area contributed by atoms with Gasteiger partial charge in [0.25, 0.3) is 0 Å². The summed E-state index contributed by atoms with van der Waals surface area (Å²) >= 11 is 0. The van der Waals surface area contributed by atoms with Crippen molar-refractivity contribution < 1.29 is 9.36 Å². The standard InChI is InChI=1S/C22H34N2O2/c1-13(2)22(14(3)4)16-10-12-21(18(16)24-26-22)11-8-9-15-17(21)23-25-19(15)20(5,6)7/h13-14,16H,8-12H2,1-7H3/t16-,21-/m0/s1. The average molecular weight is 359 g/mol. The fraction of sp³-hybridized carbons (Fsp3) is 0.818. The van der Waals surface area contributed by atoms with Crippen LogP contribution in [-0.2, 0) is 22.1 Å². The second-order valence-electron chi connectivity index (χ2n) is 10.3. The quantitative estimate of drug-likeness (QED) is 0.712. The van der Waals surface area contributed by atoms with Crippen LogP contribution in [0.2, 0.25) is 0 Å². The molecule has 1 saturated carbocycles. The summed E-state index contributed by atoms with van der Waals surface area (Å²) in [6.45, 7) is 15.8. The molecule has 3 aliphatic rings. The van der Waals surface area contributed by atoms with Crippen LogP contribution in [-0.4, -0.2) is 16.5 Å². The number of nitrogens with zero attached hydrogens (tertiary/aromatic N) is 2. The fourth-order valence-electron chi connectivity index (χ4n) is 6.14. The zero-order valence-electron chi connectivity index (χ0n) is 17.5. The van der Waals surface area contributed by atoms with Crippen LogP contribution in [0.5, 0.6) is 0 Å². The summed E-state index contributed by atoms with van der Waals surface area (Å²) in [5, 5.41) is 9.42. The summed E-state index contributed by atoms with van der Waals surface area (Å²) < 4.78 is 5.92. The predicted molar refractivity (Wildman–Crippen MR) is 103 cm³/mol. The Morgan fingerprint density at radius 2 is 1.77 bits per heavy atom. The molecule has 1 aliphatic heterocycles. The van der Waals surface area contributed by atoms with E-state index in [2.05, 4.69) is 53.6 Å². The Morgan fingerprint density at radius 1 is 1.08 bits per heavy atom. The van der Waals surface area contributed by atoms with Crippen molar-refractivity contribution in [1.82, 2.24) is 5.16 Å². The number of hydrogen-bond donors (Lipinski definition) is 0. The molecular weight excluding hydrogens is 324 g/mol. The third-order valence-electron chi connectivity index (χ3n) is 7.28. The monoisotopic (exact) mass is 358 g/mol. The van der Waals surface area contributed by atoms with Gasteiger partial charge in [-0.15, -0.1) is 0 Å². The molecule has 2 atom stereocenters. The highest BCUT2D eigenvalue weighted by atomic mass is 16.7. The van der Waals surface area contributed by atoms with E-state index in [1.807, 2.05) is 0 Å². The molecule has 0 bridgehead atoms. The molecule has 1 aromatic heterocycles. The molecule has 2 heterocycles. The van der Waals surface area contributed by atoms with Gasteiger partial charge in [0.2, 0.25) is 0 Å². The largest absolute Gasteiger partial charge is 0.388 e. The lowest BCUT2D eigenvalue weighted by Gasteiger charge is -2.39. The maximum absolute atomic E-state index is 6.28. The summed E-state index contributed by atoms with van der Waals surface area (Å²) in [6, 6.07) is 0. The minimum absolute atomic E-state index is 0.00920. The number of fused-ring (bicyclic) bond motifs is 4. The Bertz CT molecular complexity index is 730. The van der Waals surface area contributed by atoms with Crippen LogP contribution in [0.1, 0.15) is 91.2 Å². The number of rotatable bonds is 2. The number of aromatic nitrogens is 1. The van der Waals surface area contributed by atoms with Gasteiger partial charge >= 0.3 is 0 Å². The summed E-state index contributed by atoms with van der Waals surface area (Å²) in [4.78, 5) is 6.28. The van der Waals surface area contributed by atoms with Gasteiger partial charge in [0.15, 0.2) is 0 Å². The number of hydrogen-bond acceptors (Lipinski definition) is 4. The van der Waals surface area contributed by atoms with Gasteiger partial charge in [0.1, 0.15) is 11.4 Å². The third-order valence-corrected chi connectivity index (χ3v) is 7.28. The van der Waals surface area contributed by atoms with Gasteiger partial charge in [-0.2, -0.15) is 0 Å². The van der Waals surface area contributed by atoms with Crippen molar-refractivity contribution in [2.75, 3.05) is 0 Å². The van der Waals surface area contributed by atoms with Gasteiger partial charge in [-0.1, -0.05) is 58.8 Å². The second kappa shape index (κ2) is 5.59. The maximum Gasteiger partial charge on any atom is 0.150 e. The van der Waals surface area contributed by atoms with Crippen LogP contribution in [0.4, 0.5) is 0 Å². The minimum atomic E-state index is -0.174. The summed E-state index contributed by atoms with van der Waals surface area (Å²) in [6.07, 6.45) is 5.66. The molecule has 0 unspecified atom stereocenters. The topological polar surface area (TPSA) is 47.6 Å². The molecule has 0 radical (unpaired) electrons. The first kappa shape index (κ1) is 18.1. The highest BCUT2D eigenvalue weighted by Crippen LogP contribution is 2.58. The molecule has 4 nitrogen and oxygen atoms in total. The number of oxime groups is 1. The molecule has 26 heavy (non-hydrogen) atoms. The van der Waals surface area contributed by atoms with Crippen molar-refractivity contribution in [2.45, 2.75) is 97.0 Å². The molecule has 0 saturated heterocycles. The van der Waals surface area contributed by atoms with Crippen LogP contribution in [0.15, 0.2) is 9.68 Å². The third kappa shape index (κ3) is 2.13. The first-order valence-electron chi connectivity index (χ1n) is 10.4. The SMILES string of the molecule is CC(C)C1(C(C)C)ON=C2[C@@H]1CC[C@]21CCCc2c1noc2C(C)(C)C. The molecule has 0 N–H and O–H groups in total. The van der Waals surface area contributed by atoms with Gasteiger partial charge in [-0.05, 0) is 43.9 Å². The Balaban J connectivity index is 1.80. The van der Waals surface area contributed by atoms with Gasteiger partial charge in [-0.25, -0.2) is 0 Å². The van der Waals surface area contributed by atoms with Crippen LogP contribution >= 0.6 is 0 Å². The fourth-order valence-corrected chi connectivity index (χ4v) is 6.14. The highest BCUT2D eigenvalue weighted by Gasteiger charge is 2.63. The Kier molecular flexibility index (Phi) is 3.88. The molecule has 1 spiro atoms. The Morgan fingerprint density at radius 3 is 2.38 bits per heavy atom. The highest BCUT2D eigenvalue weighted by molar-refractivity contribution is 6.00. The normalized spacial score (nSPS) is 29.9. The molecule has 2 aliphatic carbocycles. The van der Waals surface area contributed by atoms with Gasteiger partial charge in [-0.3, -0.25) is 0 Å². The molecule has 4 rings (SSSR count). The molecular formula is C22H34N2O2. The van der Waals surface area contributed by atoms with Crippen molar-refractivity contribution in [3.63, 3.8) is 0 Å². The predicted octanol–water partition coefficient (Wildman–Crippen LogP) is 5.39. The van der Waals surface area contributed by atoms with E-state index in [4.69, 9.17) is 14.5 Å².